The van der Waals surface area contributed by atoms with Crippen LogP contribution >= 0.6 is 0 Å². The highest BCUT2D eigenvalue weighted by Gasteiger charge is 2.39. The molecule has 1 aliphatic rings. The molecule has 0 aliphatic carbocycles. The van der Waals surface area contributed by atoms with Crippen LogP contribution < -0.4 is 5.73 Å². The van der Waals surface area contributed by atoms with E-state index in [-0.39, 0.29) is 12.0 Å². The second-order valence-corrected chi connectivity index (χ2v) is 5.61. The molecule has 1 heterocycles. The van der Waals surface area contributed by atoms with Gasteiger partial charge in [-0.15, -0.1) is 0 Å². The summed E-state index contributed by atoms with van der Waals surface area (Å²) in [6.07, 6.45) is -1.05. The molecule has 1 fully saturated rings. The second-order valence-electron chi connectivity index (χ2n) is 5.61. The highest BCUT2D eigenvalue weighted by atomic mass is 16.6. The minimum Gasteiger partial charge on any atom is -0.376 e. The summed E-state index contributed by atoms with van der Waals surface area (Å²) in [5, 5.41) is 0. The molecule has 0 aromatic heterocycles. The first-order valence-corrected chi connectivity index (χ1v) is 7.50. The van der Waals surface area contributed by atoms with Crippen molar-refractivity contribution in [3.8, 4) is 0 Å². The lowest BCUT2D eigenvalue weighted by Gasteiger charge is -2.43. The average Bonchev–Trinajstić information content (AvgIpc) is 2.51. The zero-order chi connectivity index (χ0) is 16.2. The number of amides is 1. The SMILES string of the molecule is NC(=O)OC(=O)C1CN(C(c2ccccc2)c2ccccc2)C1. The molecule has 1 amide bonds. The van der Waals surface area contributed by atoms with Crippen molar-refractivity contribution >= 4 is 12.1 Å². The minimum atomic E-state index is -1.05. The van der Waals surface area contributed by atoms with Gasteiger partial charge in [-0.3, -0.25) is 9.69 Å². The number of hydrogen-bond acceptors (Lipinski definition) is 4. The third-order valence-electron chi connectivity index (χ3n) is 4.04. The summed E-state index contributed by atoms with van der Waals surface area (Å²) in [6.45, 7) is 1.08. The fourth-order valence-electron chi connectivity index (χ4n) is 2.94. The Bertz CT molecular complexity index is 642. The summed E-state index contributed by atoms with van der Waals surface area (Å²) in [4.78, 5) is 24.6. The number of likely N-dealkylation sites (tertiary alicyclic amines) is 1. The summed E-state index contributed by atoms with van der Waals surface area (Å²) in [5.74, 6) is -0.856. The van der Waals surface area contributed by atoms with Gasteiger partial charge in [0.15, 0.2) is 0 Å². The Balaban J connectivity index is 1.77. The monoisotopic (exact) mass is 310 g/mol. The topological polar surface area (TPSA) is 72.6 Å². The van der Waals surface area contributed by atoms with E-state index in [1.807, 2.05) is 36.4 Å². The van der Waals surface area contributed by atoms with Crippen LogP contribution in [0.25, 0.3) is 0 Å². The van der Waals surface area contributed by atoms with Crippen molar-refractivity contribution in [3.63, 3.8) is 0 Å². The molecule has 0 spiro atoms. The summed E-state index contributed by atoms with van der Waals surface area (Å²) >= 11 is 0. The van der Waals surface area contributed by atoms with E-state index in [4.69, 9.17) is 5.73 Å². The summed E-state index contributed by atoms with van der Waals surface area (Å²) in [7, 11) is 0. The van der Waals surface area contributed by atoms with E-state index >= 15 is 0 Å². The maximum atomic E-state index is 11.7. The van der Waals surface area contributed by atoms with Gasteiger partial charge in [0.25, 0.3) is 0 Å². The third-order valence-corrected chi connectivity index (χ3v) is 4.04. The van der Waals surface area contributed by atoms with Crippen LogP contribution in [0.2, 0.25) is 0 Å². The van der Waals surface area contributed by atoms with Gasteiger partial charge in [0.2, 0.25) is 0 Å². The molecule has 1 aliphatic heterocycles. The smallest absolute Gasteiger partial charge is 0.376 e. The van der Waals surface area contributed by atoms with Gasteiger partial charge in [0.05, 0.1) is 12.0 Å². The largest absolute Gasteiger partial charge is 0.412 e. The molecule has 0 saturated carbocycles. The maximum absolute atomic E-state index is 11.7. The quantitative estimate of drug-likeness (QED) is 0.695. The lowest BCUT2D eigenvalue weighted by Crippen LogP contribution is -2.52. The van der Waals surface area contributed by atoms with Crippen molar-refractivity contribution < 1.29 is 14.3 Å². The molecular weight excluding hydrogens is 292 g/mol. The molecule has 0 atom stereocenters. The Morgan fingerprint density at radius 3 is 1.87 bits per heavy atom. The van der Waals surface area contributed by atoms with Crippen LogP contribution in [-0.4, -0.2) is 30.1 Å². The maximum Gasteiger partial charge on any atom is 0.412 e. The summed E-state index contributed by atoms with van der Waals surface area (Å²) < 4.78 is 4.47. The highest BCUT2D eigenvalue weighted by Crippen LogP contribution is 2.34. The lowest BCUT2D eigenvalue weighted by molar-refractivity contribution is -0.148. The fourth-order valence-corrected chi connectivity index (χ4v) is 2.94. The standard InChI is InChI=1S/C18H18N2O3/c19-18(22)23-17(21)15-11-20(12-15)16(13-7-3-1-4-8-13)14-9-5-2-6-10-14/h1-10,15-16H,11-12H2,(H2,19,22). The minimum absolute atomic E-state index is 0.0787. The molecule has 1 saturated heterocycles. The van der Waals surface area contributed by atoms with Crippen LogP contribution in [0.5, 0.6) is 0 Å². The first-order valence-electron chi connectivity index (χ1n) is 7.50. The van der Waals surface area contributed by atoms with E-state index < -0.39 is 12.1 Å². The van der Waals surface area contributed by atoms with E-state index in [0.29, 0.717) is 13.1 Å². The van der Waals surface area contributed by atoms with Crippen molar-refractivity contribution in [3.05, 3.63) is 71.8 Å². The molecule has 2 aromatic rings. The number of ether oxygens (including phenoxy) is 1. The van der Waals surface area contributed by atoms with Crippen molar-refractivity contribution in [2.24, 2.45) is 11.7 Å². The molecule has 2 N–H and O–H groups in total. The number of nitrogens with two attached hydrogens (primary N) is 1. The fraction of sp³-hybridized carbons (Fsp3) is 0.222. The normalized spacial score (nSPS) is 15.2. The molecule has 5 heteroatoms. The number of esters is 1. The lowest BCUT2D eigenvalue weighted by atomic mass is 9.90. The molecule has 3 rings (SSSR count). The van der Waals surface area contributed by atoms with Gasteiger partial charge in [0, 0.05) is 13.1 Å². The number of nitrogens with zero attached hydrogens (tertiary/aromatic N) is 1. The van der Waals surface area contributed by atoms with E-state index in [2.05, 4.69) is 33.9 Å². The first-order chi connectivity index (χ1) is 11.1. The van der Waals surface area contributed by atoms with Crippen LogP contribution in [0, 0.1) is 5.92 Å². The molecule has 2 aromatic carbocycles. The van der Waals surface area contributed by atoms with Crippen molar-refractivity contribution in [2.45, 2.75) is 6.04 Å². The van der Waals surface area contributed by atoms with Gasteiger partial charge in [-0.05, 0) is 11.1 Å². The van der Waals surface area contributed by atoms with Gasteiger partial charge in [-0.2, -0.15) is 0 Å². The zero-order valence-electron chi connectivity index (χ0n) is 12.6. The van der Waals surface area contributed by atoms with Crippen molar-refractivity contribution in [1.82, 2.24) is 4.90 Å². The van der Waals surface area contributed by atoms with Gasteiger partial charge in [-0.1, -0.05) is 60.7 Å². The first kappa shape index (κ1) is 15.2. The Labute approximate surface area is 134 Å². The van der Waals surface area contributed by atoms with Crippen LogP contribution in [0.4, 0.5) is 4.79 Å². The van der Waals surface area contributed by atoms with Gasteiger partial charge < -0.3 is 10.5 Å². The molecule has 0 radical (unpaired) electrons. The molecule has 5 nitrogen and oxygen atoms in total. The number of carbonyl (C=O) groups is 2. The molecule has 118 valence electrons. The number of hydrogen-bond donors (Lipinski definition) is 1. The van der Waals surface area contributed by atoms with E-state index in [9.17, 15) is 9.59 Å². The number of rotatable bonds is 4. The molecular formula is C18H18N2O3. The average molecular weight is 310 g/mol. The van der Waals surface area contributed by atoms with Crippen LogP contribution in [0.3, 0.4) is 0 Å². The molecule has 23 heavy (non-hydrogen) atoms. The number of primary amides is 1. The summed E-state index contributed by atoms with van der Waals surface area (Å²) in [5.41, 5.74) is 7.23. The van der Waals surface area contributed by atoms with Crippen molar-refractivity contribution in [1.29, 1.82) is 0 Å². The predicted octanol–water partition coefficient (Wildman–Crippen LogP) is 2.33. The summed E-state index contributed by atoms with van der Waals surface area (Å²) in [6, 6.07) is 20.4. The van der Waals surface area contributed by atoms with Crippen LogP contribution in [-0.2, 0) is 9.53 Å². The van der Waals surface area contributed by atoms with Gasteiger partial charge >= 0.3 is 12.1 Å². The van der Waals surface area contributed by atoms with Gasteiger partial charge in [-0.25, -0.2) is 4.79 Å². The highest BCUT2D eigenvalue weighted by molar-refractivity contribution is 5.85. The molecule has 0 unspecified atom stereocenters. The van der Waals surface area contributed by atoms with Crippen LogP contribution in [0.1, 0.15) is 17.2 Å². The van der Waals surface area contributed by atoms with E-state index in [1.54, 1.807) is 0 Å². The van der Waals surface area contributed by atoms with Crippen molar-refractivity contribution in [2.75, 3.05) is 13.1 Å². The predicted molar refractivity (Wildman–Crippen MR) is 85.5 cm³/mol. The third kappa shape index (κ3) is 3.40. The molecule has 0 bridgehead atoms. The van der Waals surface area contributed by atoms with E-state index in [1.165, 1.54) is 11.1 Å². The van der Waals surface area contributed by atoms with Gasteiger partial charge in [0.1, 0.15) is 0 Å². The van der Waals surface area contributed by atoms with E-state index in [0.717, 1.165) is 0 Å². The Hall–Kier alpha value is -2.66. The number of carbonyl (C=O) groups excluding carboxylic acids is 2. The number of benzene rings is 2. The Kier molecular flexibility index (Phi) is 4.39. The zero-order valence-corrected chi connectivity index (χ0v) is 12.6. The second kappa shape index (κ2) is 6.62. The Morgan fingerprint density at radius 2 is 1.43 bits per heavy atom. The Morgan fingerprint density at radius 1 is 0.957 bits per heavy atom. The van der Waals surface area contributed by atoms with Crippen LogP contribution in [0.15, 0.2) is 60.7 Å².